The number of hydrogen-bond acceptors (Lipinski definition) is 3. The van der Waals surface area contributed by atoms with E-state index in [1.165, 1.54) is 32.1 Å². The summed E-state index contributed by atoms with van der Waals surface area (Å²) < 4.78 is 11.4. The van der Waals surface area contributed by atoms with Crippen LogP contribution in [-0.4, -0.2) is 25.3 Å². The van der Waals surface area contributed by atoms with Gasteiger partial charge in [-0.3, -0.25) is 0 Å². The summed E-state index contributed by atoms with van der Waals surface area (Å²) in [6, 6.07) is 6.13. The molecule has 1 aromatic carbocycles. The molecule has 5 nitrogen and oxygen atoms in total. The van der Waals surface area contributed by atoms with Gasteiger partial charge in [-0.2, -0.15) is 0 Å². The zero-order valence-electron chi connectivity index (χ0n) is 17.4. The van der Waals surface area contributed by atoms with E-state index in [-0.39, 0.29) is 12.1 Å². The smallest absolute Gasteiger partial charge is 0.315 e. The van der Waals surface area contributed by atoms with Crippen molar-refractivity contribution >= 4 is 6.03 Å². The van der Waals surface area contributed by atoms with Crippen LogP contribution < -0.4 is 20.1 Å². The van der Waals surface area contributed by atoms with Crippen LogP contribution in [0.1, 0.15) is 64.5 Å². The first-order valence-corrected chi connectivity index (χ1v) is 11.0. The van der Waals surface area contributed by atoms with Crippen LogP contribution in [0.25, 0.3) is 0 Å². The molecule has 0 aliphatic heterocycles. The highest BCUT2D eigenvalue weighted by Gasteiger charge is 2.48. The van der Waals surface area contributed by atoms with Gasteiger partial charge in [-0.25, -0.2) is 4.79 Å². The quantitative estimate of drug-likeness (QED) is 0.716. The van der Waals surface area contributed by atoms with Crippen molar-refractivity contribution < 1.29 is 14.3 Å². The van der Waals surface area contributed by atoms with Crippen molar-refractivity contribution in [3.8, 4) is 11.5 Å². The molecule has 1 unspecified atom stereocenters. The Bertz CT molecular complexity index is 677. The van der Waals surface area contributed by atoms with Crippen LogP contribution in [-0.2, 0) is 0 Å². The van der Waals surface area contributed by atoms with E-state index in [9.17, 15) is 4.79 Å². The molecule has 0 radical (unpaired) electrons. The Labute approximate surface area is 168 Å². The Balaban J connectivity index is 1.37. The molecule has 0 aromatic heterocycles. The van der Waals surface area contributed by atoms with E-state index in [0.717, 1.165) is 28.9 Å². The largest absolute Gasteiger partial charge is 0.490 e. The average molecular weight is 387 g/mol. The van der Waals surface area contributed by atoms with E-state index in [4.69, 9.17) is 9.47 Å². The number of ether oxygens (including phenoxy) is 2. The Morgan fingerprint density at radius 2 is 1.61 bits per heavy atom. The molecule has 4 aliphatic rings. The second kappa shape index (κ2) is 8.22. The summed E-state index contributed by atoms with van der Waals surface area (Å²) in [7, 11) is 0. The monoisotopic (exact) mass is 386 g/mol. The zero-order chi connectivity index (χ0) is 19.7. The highest BCUT2D eigenvalue weighted by atomic mass is 16.5. The number of carbonyl (C=O) groups is 1. The summed E-state index contributed by atoms with van der Waals surface area (Å²) in [4.78, 5) is 12.7. The van der Waals surface area contributed by atoms with Gasteiger partial charge in [-0.05, 0) is 94.2 Å². The molecule has 5 rings (SSSR count). The molecular weight excluding hydrogens is 352 g/mol. The third-order valence-corrected chi connectivity index (χ3v) is 6.94. The molecule has 1 aromatic rings. The number of benzene rings is 1. The normalized spacial score (nSPS) is 31.3. The standard InChI is InChI=1S/C23H34N2O3/c1-4-27-20-7-6-17(13-21(20)28-5-2)14(3)24-23(26)25-22-18-9-15-8-16(11-18)12-19(22)10-15/h6-7,13-16,18-19,22H,4-5,8-12H2,1-3H3,(H2,24,25,26). The first-order valence-electron chi connectivity index (χ1n) is 11.0. The van der Waals surface area contributed by atoms with E-state index < -0.39 is 0 Å². The summed E-state index contributed by atoms with van der Waals surface area (Å²) in [5, 5.41) is 6.46. The maximum atomic E-state index is 12.7. The molecule has 1 atom stereocenters. The number of hydrogen-bond donors (Lipinski definition) is 2. The predicted octanol–water partition coefficient (Wildman–Crippen LogP) is 4.67. The van der Waals surface area contributed by atoms with E-state index in [1.54, 1.807) is 0 Å². The predicted molar refractivity (Wildman–Crippen MR) is 110 cm³/mol. The molecule has 0 saturated heterocycles. The molecule has 0 spiro atoms. The maximum Gasteiger partial charge on any atom is 0.315 e. The highest BCUT2D eigenvalue weighted by molar-refractivity contribution is 5.75. The fourth-order valence-corrected chi connectivity index (χ4v) is 5.97. The maximum absolute atomic E-state index is 12.7. The van der Waals surface area contributed by atoms with Crippen molar-refractivity contribution in [2.75, 3.05) is 13.2 Å². The van der Waals surface area contributed by atoms with Crippen molar-refractivity contribution in [3.05, 3.63) is 23.8 Å². The summed E-state index contributed by atoms with van der Waals surface area (Å²) >= 11 is 0. The minimum Gasteiger partial charge on any atom is -0.490 e. The number of rotatable bonds is 7. The van der Waals surface area contributed by atoms with Gasteiger partial charge < -0.3 is 20.1 Å². The Kier molecular flexibility index (Phi) is 5.70. The Morgan fingerprint density at radius 1 is 1.00 bits per heavy atom. The molecule has 4 aliphatic carbocycles. The topological polar surface area (TPSA) is 59.6 Å². The van der Waals surface area contributed by atoms with Crippen molar-refractivity contribution in [2.24, 2.45) is 23.7 Å². The third-order valence-electron chi connectivity index (χ3n) is 6.94. The van der Waals surface area contributed by atoms with E-state index >= 15 is 0 Å². The number of nitrogens with one attached hydrogen (secondary N) is 2. The van der Waals surface area contributed by atoms with Crippen molar-refractivity contribution in [1.29, 1.82) is 0 Å². The lowest BCUT2D eigenvalue weighted by Gasteiger charge is -2.54. The zero-order valence-corrected chi connectivity index (χ0v) is 17.4. The van der Waals surface area contributed by atoms with Gasteiger partial charge in [-0.15, -0.1) is 0 Å². The van der Waals surface area contributed by atoms with Crippen LogP contribution in [0.4, 0.5) is 4.79 Å². The number of urea groups is 1. The van der Waals surface area contributed by atoms with Gasteiger partial charge in [0.25, 0.3) is 0 Å². The lowest BCUT2D eigenvalue weighted by atomic mass is 9.54. The molecule has 4 saturated carbocycles. The fraction of sp³-hybridized carbons (Fsp3) is 0.696. The summed E-state index contributed by atoms with van der Waals surface area (Å²) in [6.45, 7) is 7.12. The SMILES string of the molecule is CCOc1ccc(C(C)NC(=O)NC2C3CC4CC(C3)CC2C4)cc1OCC. The second-order valence-electron chi connectivity index (χ2n) is 8.87. The van der Waals surface area contributed by atoms with E-state index in [2.05, 4.69) is 10.6 Å². The molecule has 2 N–H and O–H groups in total. The molecule has 5 heteroatoms. The second-order valence-corrected chi connectivity index (χ2v) is 8.87. The molecule has 4 fully saturated rings. The lowest BCUT2D eigenvalue weighted by molar-refractivity contribution is -0.00950. The minimum atomic E-state index is -0.0910. The molecule has 28 heavy (non-hydrogen) atoms. The van der Waals surface area contributed by atoms with Gasteiger partial charge in [0.1, 0.15) is 0 Å². The van der Waals surface area contributed by atoms with E-state index in [0.29, 0.717) is 31.1 Å². The van der Waals surface area contributed by atoms with Gasteiger partial charge in [0, 0.05) is 6.04 Å². The van der Waals surface area contributed by atoms with Gasteiger partial charge in [0.15, 0.2) is 11.5 Å². The summed E-state index contributed by atoms with van der Waals surface area (Å²) in [5.74, 6) is 4.70. The molecule has 4 bridgehead atoms. The molecule has 154 valence electrons. The van der Waals surface area contributed by atoms with E-state index in [1.807, 2.05) is 39.0 Å². The first kappa shape index (κ1) is 19.4. The van der Waals surface area contributed by atoms with Crippen molar-refractivity contribution in [1.82, 2.24) is 10.6 Å². The summed E-state index contributed by atoms with van der Waals surface area (Å²) in [6.07, 6.45) is 6.67. The Morgan fingerprint density at radius 3 is 2.21 bits per heavy atom. The van der Waals surface area contributed by atoms with Gasteiger partial charge in [0.2, 0.25) is 0 Å². The van der Waals surface area contributed by atoms with Crippen LogP contribution in [0.5, 0.6) is 11.5 Å². The van der Waals surface area contributed by atoms with Crippen LogP contribution in [0.15, 0.2) is 18.2 Å². The van der Waals surface area contributed by atoms with Gasteiger partial charge >= 0.3 is 6.03 Å². The van der Waals surface area contributed by atoms with Crippen LogP contribution in [0.2, 0.25) is 0 Å². The molecule has 2 amide bonds. The number of carbonyl (C=O) groups excluding carboxylic acids is 1. The Hall–Kier alpha value is -1.91. The van der Waals surface area contributed by atoms with Crippen LogP contribution >= 0.6 is 0 Å². The van der Waals surface area contributed by atoms with Crippen molar-refractivity contribution in [2.45, 2.75) is 65.0 Å². The first-order chi connectivity index (χ1) is 13.6. The highest BCUT2D eigenvalue weighted by Crippen LogP contribution is 2.53. The molecular formula is C23H34N2O3. The van der Waals surface area contributed by atoms with Crippen LogP contribution in [0, 0.1) is 23.7 Å². The average Bonchev–Trinajstić information content (AvgIpc) is 2.66. The number of amides is 2. The van der Waals surface area contributed by atoms with Crippen molar-refractivity contribution in [3.63, 3.8) is 0 Å². The summed E-state index contributed by atoms with van der Waals surface area (Å²) in [5.41, 5.74) is 1.02. The lowest BCUT2D eigenvalue weighted by Crippen LogP contribution is -2.57. The molecule has 0 heterocycles. The third kappa shape index (κ3) is 3.94. The van der Waals surface area contributed by atoms with Gasteiger partial charge in [-0.1, -0.05) is 6.07 Å². The minimum absolute atomic E-state index is 0.0446. The fourth-order valence-electron chi connectivity index (χ4n) is 5.97. The van der Waals surface area contributed by atoms with Crippen LogP contribution in [0.3, 0.4) is 0 Å². The van der Waals surface area contributed by atoms with Gasteiger partial charge in [0.05, 0.1) is 19.3 Å².